The van der Waals surface area contributed by atoms with Crippen LogP contribution in [0.2, 0.25) is 0 Å². The number of nitrogens with zero attached hydrogens (tertiary/aromatic N) is 1. The van der Waals surface area contributed by atoms with Crippen molar-refractivity contribution in [3.05, 3.63) is 25.3 Å². The minimum atomic E-state index is 1.08. The number of anilines is 1. The van der Waals surface area contributed by atoms with Crippen molar-refractivity contribution >= 4 is 50.9 Å². The first-order valence-corrected chi connectivity index (χ1v) is 6.54. The number of benzene rings is 1. The van der Waals surface area contributed by atoms with E-state index in [1.165, 1.54) is 12.8 Å². The van der Waals surface area contributed by atoms with Crippen molar-refractivity contribution in [3.8, 4) is 0 Å². The van der Waals surface area contributed by atoms with E-state index in [1.54, 1.807) is 0 Å². The molecule has 0 aliphatic heterocycles. The van der Waals surface area contributed by atoms with E-state index in [0.29, 0.717) is 0 Å². The van der Waals surface area contributed by atoms with E-state index in [4.69, 9.17) is 0 Å². The molecule has 0 unspecified atom stereocenters. The Bertz CT molecular complexity index is 262. The zero-order valence-electron chi connectivity index (χ0n) is 7.85. The van der Waals surface area contributed by atoms with E-state index < -0.39 is 0 Å². The normalized spacial score (nSPS) is 10.2. The van der Waals surface area contributed by atoms with E-state index >= 15 is 0 Å². The third kappa shape index (κ3) is 3.27. The molecule has 0 aliphatic rings. The lowest BCUT2D eigenvalue weighted by Crippen LogP contribution is -2.21. The summed E-state index contributed by atoms with van der Waals surface area (Å²) in [6, 6.07) is 6.65. The molecule has 3 heteroatoms. The Kier molecular flexibility index (Phi) is 4.78. The fourth-order valence-corrected chi connectivity index (χ4v) is 3.22. The number of rotatable bonds is 3. The van der Waals surface area contributed by atoms with Crippen LogP contribution in [0.3, 0.4) is 0 Å². The van der Waals surface area contributed by atoms with Crippen LogP contribution in [0, 0.1) is 7.14 Å². The molecule has 0 spiro atoms. The first-order chi connectivity index (χ1) is 6.17. The van der Waals surface area contributed by atoms with Crippen LogP contribution >= 0.6 is 45.2 Å². The summed E-state index contributed by atoms with van der Waals surface area (Å²) in [5.74, 6) is 0. The van der Waals surface area contributed by atoms with Crippen molar-refractivity contribution in [2.45, 2.75) is 13.8 Å². The lowest BCUT2D eigenvalue weighted by atomic mass is 10.3. The van der Waals surface area contributed by atoms with Gasteiger partial charge in [0.1, 0.15) is 0 Å². The molecule has 0 radical (unpaired) electrons. The highest BCUT2D eigenvalue weighted by Crippen LogP contribution is 2.21. The minimum absolute atomic E-state index is 1.08. The number of halogens is 2. The third-order valence-corrected chi connectivity index (χ3v) is 3.22. The maximum Gasteiger partial charge on any atom is 0.0387 e. The van der Waals surface area contributed by atoms with Gasteiger partial charge in [-0.15, -0.1) is 0 Å². The van der Waals surface area contributed by atoms with Gasteiger partial charge in [0.2, 0.25) is 0 Å². The van der Waals surface area contributed by atoms with Gasteiger partial charge < -0.3 is 4.90 Å². The van der Waals surface area contributed by atoms with Gasteiger partial charge in [0, 0.05) is 25.9 Å². The quantitative estimate of drug-likeness (QED) is 0.698. The molecule has 0 N–H and O–H groups in total. The van der Waals surface area contributed by atoms with E-state index in [0.717, 1.165) is 13.1 Å². The Hall–Kier alpha value is 0.480. The molecule has 0 amide bonds. The Morgan fingerprint density at radius 2 is 1.46 bits per heavy atom. The fraction of sp³-hybridized carbons (Fsp3) is 0.400. The standard InChI is InChI=1S/C10H13I2N/c1-3-13(4-2)10-6-8(11)5-9(12)7-10/h5-7H,3-4H2,1-2H3. The van der Waals surface area contributed by atoms with Crippen molar-refractivity contribution in [2.75, 3.05) is 18.0 Å². The van der Waals surface area contributed by atoms with Gasteiger partial charge in [-0.3, -0.25) is 0 Å². The second-order valence-corrected chi connectivity index (χ2v) is 5.29. The average Bonchev–Trinajstić information content (AvgIpc) is 2.04. The zero-order valence-corrected chi connectivity index (χ0v) is 12.2. The lowest BCUT2D eigenvalue weighted by molar-refractivity contribution is 0.865. The van der Waals surface area contributed by atoms with Gasteiger partial charge >= 0.3 is 0 Å². The Labute approximate surface area is 107 Å². The van der Waals surface area contributed by atoms with Gasteiger partial charge in [-0.05, 0) is 77.2 Å². The summed E-state index contributed by atoms with van der Waals surface area (Å²) in [5, 5.41) is 0. The highest BCUT2D eigenvalue weighted by atomic mass is 127. The van der Waals surface area contributed by atoms with E-state index in [2.05, 4.69) is 82.1 Å². The summed E-state index contributed by atoms with van der Waals surface area (Å²) in [5.41, 5.74) is 1.33. The molecule has 0 saturated heterocycles. The molecule has 1 aromatic rings. The summed E-state index contributed by atoms with van der Waals surface area (Å²) in [4.78, 5) is 2.37. The molecule has 1 nitrogen and oxygen atoms in total. The predicted octanol–water partition coefficient (Wildman–Crippen LogP) is 3.74. The summed E-state index contributed by atoms with van der Waals surface area (Å²) in [6.07, 6.45) is 0. The molecule has 0 bridgehead atoms. The van der Waals surface area contributed by atoms with Gasteiger partial charge in [0.15, 0.2) is 0 Å². The Balaban J connectivity index is 2.99. The first-order valence-electron chi connectivity index (χ1n) is 4.38. The van der Waals surface area contributed by atoms with E-state index in [9.17, 15) is 0 Å². The molecule has 0 fully saturated rings. The lowest BCUT2D eigenvalue weighted by Gasteiger charge is -2.21. The molecular formula is C10H13I2N. The molecule has 0 atom stereocenters. The number of hydrogen-bond donors (Lipinski definition) is 0. The van der Waals surface area contributed by atoms with Crippen LogP contribution in [0.4, 0.5) is 5.69 Å². The second-order valence-electron chi connectivity index (χ2n) is 2.80. The van der Waals surface area contributed by atoms with E-state index in [-0.39, 0.29) is 0 Å². The Morgan fingerprint density at radius 1 is 1.00 bits per heavy atom. The van der Waals surface area contributed by atoms with Crippen molar-refractivity contribution in [1.29, 1.82) is 0 Å². The molecule has 13 heavy (non-hydrogen) atoms. The first kappa shape index (κ1) is 11.6. The minimum Gasteiger partial charge on any atom is -0.372 e. The highest BCUT2D eigenvalue weighted by molar-refractivity contribution is 14.1. The van der Waals surface area contributed by atoms with E-state index in [1.807, 2.05) is 0 Å². The topological polar surface area (TPSA) is 3.24 Å². The van der Waals surface area contributed by atoms with Crippen LogP contribution in [0.15, 0.2) is 18.2 Å². The van der Waals surface area contributed by atoms with Gasteiger partial charge in [-0.1, -0.05) is 0 Å². The molecule has 1 rings (SSSR count). The zero-order chi connectivity index (χ0) is 9.84. The third-order valence-electron chi connectivity index (χ3n) is 1.98. The van der Waals surface area contributed by atoms with Crippen LogP contribution in [0.1, 0.15) is 13.8 Å². The molecule has 1 aromatic carbocycles. The average molecular weight is 401 g/mol. The van der Waals surface area contributed by atoms with Gasteiger partial charge in [-0.25, -0.2) is 0 Å². The van der Waals surface area contributed by atoms with Crippen LogP contribution in [-0.4, -0.2) is 13.1 Å². The van der Waals surface area contributed by atoms with Crippen LogP contribution < -0.4 is 4.90 Å². The summed E-state index contributed by atoms with van der Waals surface area (Å²) < 4.78 is 2.62. The highest BCUT2D eigenvalue weighted by Gasteiger charge is 2.03. The van der Waals surface area contributed by atoms with Crippen LogP contribution in [-0.2, 0) is 0 Å². The largest absolute Gasteiger partial charge is 0.372 e. The molecule has 0 saturated carbocycles. The van der Waals surface area contributed by atoms with Crippen LogP contribution in [0.25, 0.3) is 0 Å². The smallest absolute Gasteiger partial charge is 0.0387 e. The molecule has 0 aromatic heterocycles. The van der Waals surface area contributed by atoms with Crippen molar-refractivity contribution < 1.29 is 0 Å². The SMILES string of the molecule is CCN(CC)c1cc(I)cc(I)c1. The molecular weight excluding hydrogens is 388 g/mol. The second kappa shape index (κ2) is 5.38. The molecule has 0 aliphatic carbocycles. The summed E-state index contributed by atoms with van der Waals surface area (Å²) >= 11 is 4.73. The maximum absolute atomic E-state index is 2.37. The van der Waals surface area contributed by atoms with Crippen molar-refractivity contribution in [3.63, 3.8) is 0 Å². The number of hydrogen-bond acceptors (Lipinski definition) is 1. The predicted molar refractivity (Wildman–Crippen MR) is 75.4 cm³/mol. The van der Waals surface area contributed by atoms with Crippen molar-refractivity contribution in [2.24, 2.45) is 0 Å². The summed E-state index contributed by atoms with van der Waals surface area (Å²) in [7, 11) is 0. The van der Waals surface area contributed by atoms with Crippen LogP contribution in [0.5, 0.6) is 0 Å². The van der Waals surface area contributed by atoms with Gasteiger partial charge in [-0.2, -0.15) is 0 Å². The molecule has 72 valence electrons. The fourth-order valence-electron chi connectivity index (χ4n) is 1.31. The van der Waals surface area contributed by atoms with Gasteiger partial charge in [0.05, 0.1) is 0 Å². The maximum atomic E-state index is 2.37. The molecule has 0 heterocycles. The summed E-state index contributed by atoms with van der Waals surface area (Å²) in [6.45, 7) is 6.53. The van der Waals surface area contributed by atoms with Gasteiger partial charge in [0.25, 0.3) is 0 Å². The van der Waals surface area contributed by atoms with Crippen molar-refractivity contribution in [1.82, 2.24) is 0 Å². The monoisotopic (exact) mass is 401 g/mol. The Morgan fingerprint density at radius 3 is 1.85 bits per heavy atom.